The van der Waals surface area contributed by atoms with Crippen LogP contribution in [0.3, 0.4) is 0 Å². The smallest absolute Gasteiger partial charge is 0.0383 e. The fourth-order valence-corrected chi connectivity index (χ4v) is 0.385. The minimum Gasteiger partial charge on any atom is -0.550 e. The fraction of sp³-hybridized carbons (Fsp3) is 0.300. The lowest BCUT2D eigenvalue weighted by Gasteiger charge is -1.77. The normalized spacial score (nSPS) is 6.58. The zero-order chi connectivity index (χ0) is 9.82. The van der Waals surface area contributed by atoms with Gasteiger partial charge < -0.3 is 9.90 Å². The summed E-state index contributed by atoms with van der Waals surface area (Å²) in [4.78, 5) is 8.89. The van der Waals surface area contributed by atoms with Gasteiger partial charge in [-0.15, -0.1) is 0 Å². The Morgan fingerprint density at radius 2 is 1.00 bits per heavy atom. The molecule has 2 heteroatoms. The van der Waals surface area contributed by atoms with Crippen LogP contribution in [0.5, 0.6) is 0 Å². The molecule has 12 heavy (non-hydrogen) atoms. The summed E-state index contributed by atoms with van der Waals surface area (Å²) < 4.78 is 0. The minimum atomic E-state index is -1.08. The molecule has 0 saturated heterocycles. The lowest BCUT2D eigenvalue weighted by Crippen LogP contribution is -2.16. The molecule has 0 amide bonds. The maximum absolute atomic E-state index is 8.89. The van der Waals surface area contributed by atoms with Gasteiger partial charge >= 0.3 is 0 Å². The molecule has 0 N–H and O–H groups in total. The van der Waals surface area contributed by atoms with Crippen LogP contribution in [-0.2, 0) is 4.79 Å². The summed E-state index contributed by atoms with van der Waals surface area (Å²) in [5, 5.41) is 8.89. The summed E-state index contributed by atoms with van der Waals surface area (Å²) in [5.41, 5.74) is 0. The SMILES string of the molecule is CC.CC(=O)[O-].c1ccccc1. The number of carbonyl (C=O) groups excluding carboxylic acids is 1. The first-order valence-electron chi connectivity index (χ1n) is 3.91. The second kappa shape index (κ2) is 12.4. The Morgan fingerprint density at radius 1 is 0.917 bits per heavy atom. The number of hydrogen-bond acceptors (Lipinski definition) is 2. The average molecular weight is 167 g/mol. The molecule has 0 aromatic heterocycles. The first kappa shape index (κ1) is 13.3. The highest BCUT2D eigenvalue weighted by atomic mass is 16.4. The number of carboxylic acids is 1. The van der Waals surface area contributed by atoms with Crippen LogP contribution < -0.4 is 5.11 Å². The van der Waals surface area contributed by atoms with E-state index in [1.165, 1.54) is 0 Å². The van der Waals surface area contributed by atoms with E-state index in [4.69, 9.17) is 9.90 Å². The van der Waals surface area contributed by atoms with Crippen molar-refractivity contribution >= 4 is 5.97 Å². The van der Waals surface area contributed by atoms with Crippen LogP contribution in [0.15, 0.2) is 36.4 Å². The molecule has 1 rings (SSSR count). The van der Waals surface area contributed by atoms with Crippen LogP contribution >= 0.6 is 0 Å². The van der Waals surface area contributed by atoms with E-state index in [1.54, 1.807) is 0 Å². The molecule has 0 fully saturated rings. The number of rotatable bonds is 0. The highest BCUT2D eigenvalue weighted by Crippen LogP contribution is 1.79. The van der Waals surface area contributed by atoms with Gasteiger partial charge in [-0.3, -0.25) is 0 Å². The van der Waals surface area contributed by atoms with Crippen LogP contribution in [0, 0.1) is 0 Å². The lowest BCUT2D eigenvalue weighted by atomic mass is 10.4. The topological polar surface area (TPSA) is 40.1 Å². The van der Waals surface area contributed by atoms with Gasteiger partial charge in [0.15, 0.2) is 0 Å². The largest absolute Gasteiger partial charge is 0.550 e. The van der Waals surface area contributed by atoms with Crippen molar-refractivity contribution in [2.75, 3.05) is 0 Å². The molecule has 0 aliphatic carbocycles. The monoisotopic (exact) mass is 167 g/mol. The van der Waals surface area contributed by atoms with Gasteiger partial charge in [0.2, 0.25) is 0 Å². The summed E-state index contributed by atoms with van der Waals surface area (Å²) in [7, 11) is 0. The van der Waals surface area contributed by atoms with E-state index in [1.807, 2.05) is 50.2 Å². The predicted molar refractivity (Wildman–Crippen MR) is 48.5 cm³/mol. The summed E-state index contributed by atoms with van der Waals surface area (Å²) in [6.07, 6.45) is 0. The first-order chi connectivity index (χ1) is 5.73. The molecule has 0 saturated carbocycles. The Hall–Kier alpha value is -1.31. The van der Waals surface area contributed by atoms with Crippen LogP contribution in [0.2, 0.25) is 0 Å². The molecular weight excluding hydrogens is 152 g/mol. The number of benzene rings is 1. The molecular formula is C10H15O2-. The average Bonchev–Trinajstić information content (AvgIpc) is 2.10. The van der Waals surface area contributed by atoms with E-state index >= 15 is 0 Å². The number of aliphatic carboxylic acids is 1. The number of hydrogen-bond donors (Lipinski definition) is 0. The van der Waals surface area contributed by atoms with E-state index in [2.05, 4.69) is 0 Å². The van der Waals surface area contributed by atoms with Crippen LogP contribution in [0.1, 0.15) is 20.8 Å². The van der Waals surface area contributed by atoms with Crippen molar-refractivity contribution in [3.05, 3.63) is 36.4 Å². The van der Waals surface area contributed by atoms with Gasteiger partial charge in [0, 0.05) is 5.97 Å². The van der Waals surface area contributed by atoms with Gasteiger partial charge in [0.25, 0.3) is 0 Å². The standard InChI is InChI=1S/C6H6.C2H4O2.C2H6/c1-2-4-6-5-3-1;1-2(3)4;1-2/h1-6H;1H3,(H,3,4);1-2H3/p-1. The number of carbonyl (C=O) groups is 1. The van der Waals surface area contributed by atoms with Gasteiger partial charge in [-0.05, 0) is 6.92 Å². The summed E-state index contributed by atoms with van der Waals surface area (Å²) >= 11 is 0. The summed E-state index contributed by atoms with van der Waals surface area (Å²) in [6, 6.07) is 12.0. The van der Waals surface area contributed by atoms with Gasteiger partial charge in [-0.2, -0.15) is 0 Å². The van der Waals surface area contributed by atoms with Crippen molar-refractivity contribution in [3.8, 4) is 0 Å². The van der Waals surface area contributed by atoms with Gasteiger partial charge in [0.05, 0.1) is 0 Å². The summed E-state index contributed by atoms with van der Waals surface area (Å²) in [5.74, 6) is -1.08. The maximum atomic E-state index is 8.89. The van der Waals surface area contributed by atoms with Crippen molar-refractivity contribution in [1.82, 2.24) is 0 Å². The molecule has 68 valence electrons. The quantitative estimate of drug-likeness (QED) is 0.587. The van der Waals surface area contributed by atoms with Crippen molar-refractivity contribution < 1.29 is 9.90 Å². The Balaban J connectivity index is 0. The molecule has 0 bridgehead atoms. The second-order valence-corrected chi connectivity index (χ2v) is 1.65. The molecule has 1 aromatic rings. The van der Waals surface area contributed by atoms with Crippen molar-refractivity contribution in [1.29, 1.82) is 0 Å². The zero-order valence-corrected chi connectivity index (χ0v) is 7.78. The third-order valence-corrected chi connectivity index (χ3v) is 0.667. The lowest BCUT2D eigenvalue weighted by molar-refractivity contribution is -0.302. The van der Waals surface area contributed by atoms with Crippen molar-refractivity contribution in [3.63, 3.8) is 0 Å². The molecule has 0 heterocycles. The van der Waals surface area contributed by atoms with Gasteiger partial charge in [-0.25, -0.2) is 0 Å². The second-order valence-electron chi connectivity index (χ2n) is 1.65. The Bertz CT molecular complexity index is 140. The van der Waals surface area contributed by atoms with Crippen molar-refractivity contribution in [2.24, 2.45) is 0 Å². The van der Waals surface area contributed by atoms with Crippen LogP contribution in [0.4, 0.5) is 0 Å². The van der Waals surface area contributed by atoms with Crippen molar-refractivity contribution in [2.45, 2.75) is 20.8 Å². The van der Waals surface area contributed by atoms with E-state index in [9.17, 15) is 0 Å². The molecule has 0 spiro atoms. The molecule has 0 unspecified atom stereocenters. The fourth-order valence-electron chi connectivity index (χ4n) is 0.385. The van der Waals surface area contributed by atoms with Gasteiger partial charge in [0.1, 0.15) is 0 Å². The summed E-state index contributed by atoms with van der Waals surface area (Å²) in [6.45, 7) is 4.97. The highest BCUT2D eigenvalue weighted by Gasteiger charge is 1.57. The molecule has 2 nitrogen and oxygen atoms in total. The Kier molecular flexibility index (Phi) is 13.7. The molecule has 0 aliphatic heterocycles. The predicted octanol–water partition coefficient (Wildman–Crippen LogP) is 1.47. The first-order valence-corrected chi connectivity index (χ1v) is 3.91. The van der Waals surface area contributed by atoms with E-state index in [-0.39, 0.29) is 0 Å². The van der Waals surface area contributed by atoms with E-state index in [0.29, 0.717) is 0 Å². The molecule has 0 aliphatic rings. The van der Waals surface area contributed by atoms with E-state index < -0.39 is 5.97 Å². The van der Waals surface area contributed by atoms with Gasteiger partial charge in [-0.1, -0.05) is 50.2 Å². The van der Waals surface area contributed by atoms with Crippen LogP contribution in [-0.4, -0.2) is 5.97 Å². The zero-order valence-electron chi connectivity index (χ0n) is 7.78. The molecule has 1 aromatic carbocycles. The number of carboxylic acid groups (broad SMARTS) is 1. The maximum Gasteiger partial charge on any atom is 0.0383 e. The Morgan fingerprint density at radius 3 is 1.08 bits per heavy atom. The third kappa shape index (κ3) is 23.4. The molecule has 0 radical (unpaired) electrons. The highest BCUT2D eigenvalue weighted by molar-refractivity contribution is 5.60. The van der Waals surface area contributed by atoms with Crippen LogP contribution in [0.25, 0.3) is 0 Å². The Labute approximate surface area is 73.9 Å². The minimum absolute atomic E-state index is 0.972. The van der Waals surface area contributed by atoms with E-state index in [0.717, 1.165) is 6.92 Å². The third-order valence-electron chi connectivity index (χ3n) is 0.667. The molecule has 0 atom stereocenters.